The highest BCUT2D eigenvalue weighted by molar-refractivity contribution is 5.93. The van der Waals surface area contributed by atoms with Gasteiger partial charge in [-0.05, 0) is 12.1 Å². The van der Waals surface area contributed by atoms with Crippen molar-refractivity contribution >= 4 is 28.2 Å². The van der Waals surface area contributed by atoms with E-state index in [1.807, 2.05) is 35.5 Å². The second kappa shape index (κ2) is 6.76. The first-order valence-corrected chi connectivity index (χ1v) is 8.35. The fraction of sp³-hybridized carbons (Fsp3) is 0.211. The second-order valence-electron chi connectivity index (χ2n) is 6.03. The average Bonchev–Trinajstić information content (AvgIpc) is 2.68. The summed E-state index contributed by atoms with van der Waals surface area (Å²) >= 11 is 0. The van der Waals surface area contributed by atoms with Crippen LogP contribution in [0, 0.1) is 0 Å². The summed E-state index contributed by atoms with van der Waals surface area (Å²) in [5, 5.41) is 5.23. The maximum Gasteiger partial charge on any atom is 0.322 e. The smallest absolute Gasteiger partial charge is 0.322 e. The standard InChI is InChI=1S/C19H19N5O/c25-19(22-16-5-3-7-20-13-16)24-10-8-23(9-11-24)18-14-21-12-15-4-1-2-6-17(15)18/h1-7,12-14H,8-11H2,(H,22,25). The van der Waals surface area contributed by atoms with Gasteiger partial charge < -0.3 is 15.1 Å². The molecule has 1 fully saturated rings. The largest absolute Gasteiger partial charge is 0.366 e. The van der Waals surface area contributed by atoms with Crippen LogP contribution in [-0.2, 0) is 0 Å². The van der Waals surface area contributed by atoms with Crippen molar-refractivity contribution in [2.24, 2.45) is 0 Å². The number of nitrogens with zero attached hydrogens (tertiary/aromatic N) is 4. The van der Waals surface area contributed by atoms with Crippen LogP contribution in [0.5, 0.6) is 0 Å². The minimum atomic E-state index is -0.0799. The zero-order chi connectivity index (χ0) is 17.1. The van der Waals surface area contributed by atoms with Crippen LogP contribution in [-0.4, -0.2) is 47.1 Å². The Kier molecular flexibility index (Phi) is 4.16. The van der Waals surface area contributed by atoms with Gasteiger partial charge in [0, 0.05) is 49.3 Å². The summed E-state index contributed by atoms with van der Waals surface area (Å²) in [7, 11) is 0. The highest BCUT2D eigenvalue weighted by atomic mass is 16.2. The van der Waals surface area contributed by atoms with Crippen molar-refractivity contribution in [3.8, 4) is 0 Å². The molecule has 126 valence electrons. The maximum atomic E-state index is 12.4. The van der Waals surface area contributed by atoms with Gasteiger partial charge in [0.25, 0.3) is 0 Å². The zero-order valence-corrected chi connectivity index (χ0v) is 13.8. The first-order valence-electron chi connectivity index (χ1n) is 8.35. The normalized spacial score (nSPS) is 14.6. The Labute approximate surface area is 146 Å². The number of nitrogens with one attached hydrogen (secondary N) is 1. The summed E-state index contributed by atoms with van der Waals surface area (Å²) in [6.07, 6.45) is 7.13. The zero-order valence-electron chi connectivity index (χ0n) is 13.8. The molecule has 1 aliphatic heterocycles. The van der Waals surface area contributed by atoms with Gasteiger partial charge in [-0.15, -0.1) is 0 Å². The van der Waals surface area contributed by atoms with Crippen molar-refractivity contribution in [1.82, 2.24) is 14.9 Å². The van der Waals surface area contributed by atoms with Gasteiger partial charge in [-0.2, -0.15) is 0 Å². The predicted octanol–water partition coefficient (Wildman–Crippen LogP) is 2.98. The van der Waals surface area contributed by atoms with E-state index in [9.17, 15) is 4.79 Å². The number of urea groups is 1. The van der Waals surface area contributed by atoms with Crippen molar-refractivity contribution < 1.29 is 4.79 Å². The fourth-order valence-electron chi connectivity index (χ4n) is 3.14. The predicted molar refractivity (Wildman–Crippen MR) is 98.8 cm³/mol. The van der Waals surface area contributed by atoms with Crippen molar-refractivity contribution in [1.29, 1.82) is 0 Å². The maximum absolute atomic E-state index is 12.4. The molecule has 1 saturated heterocycles. The Morgan fingerprint density at radius 1 is 0.920 bits per heavy atom. The highest BCUT2D eigenvalue weighted by Crippen LogP contribution is 2.26. The van der Waals surface area contributed by atoms with Gasteiger partial charge in [-0.3, -0.25) is 9.97 Å². The minimum Gasteiger partial charge on any atom is -0.366 e. The molecule has 0 unspecified atom stereocenters. The molecule has 0 atom stereocenters. The number of amides is 2. The summed E-state index contributed by atoms with van der Waals surface area (Å²) in [6.45, 7) is 2.93. The minimum absolute atomic E-state index is 0.0799. The van der Waals surface area contributed by atoms with Gasteiger partial charge in [-0.25, -0.2) is 4.79 Å². The fourth-order valence-corrected chi connectivity index (χ4v) is 3.14. The molecule has 0 bridgehead atoms. The third-order valence-electron chi connectivity index (χ3n) is 4.47. The molecule has 3 aromatic rings. The molecule has 1 aromatic carbocycles. The highest BCUT2D eigenvalue weighted by Gasteiger charge is 2.22. The van der Waals surface area contributed by atoms with E-state index in [4.69, 9.17) is 0 Å². The molecule has 6 heteroatoms. The molecule has 6 nitrogen and oxygen atoms in total. The van der Waals surface area contributed by atoms with Gasteiger partial charge in [-0.1, -0.05) is 24.3 Å². The molecule has 0 aliphatic carbocycles. The number of benzene rings is 1. The summed E-state index contributed by atoms with van der Waals surface area (Å²) in [5.74, 6) is 0. The van der Waals surface area contributed by atoms with Crippen molar-refractivity contribution in [3.63, 3.8) is 0 Å². The molecule has 0 spiro atoms. The van der Waals surface area contributed by atoms with Crippen LogP contribution in [0.25, 0.3) is 10.8 Å². The van der Waals surface area contributed by atoms with Crippen LogP contribution in [0.4, 0.5) is 16.2 Å². The van der Waals surface area contributed by atoms with Crippen LogP contribution in [0.3, 0.4) is 0 Å². The lowest BCUT2D eigenvalue weighted by Crippen LogP contribution is -2.50. The number of fused-ring (bicyclic) bond motifs is 1. The molecule has 0 radical (unpaired) electrons. The monoisotopic (exact) mass is 333 g/mol. The number of carbonyl (C=O) groups excluding carboxylic acids is 1. The van der Waals surface area contributed by atoms with Gasteiger partial charge in [0.05, 0.1) is 23.8 Å². The summed E-state index contributed by atoms with van der Waals surface area (Å²) < 4.78 is 0. The molecule has 2 amide bonds. The van der Waals surface area contributed by atoms with Crippen LogP contribution in [0.1, 0.15) is 0 Å². The number of pyridine rings is 2. The molecule has 0 saturated carbocycles. The molecule has 4 rings (SSSR count). The van der Waals surface area contributed by atoms with Gasteiger partial charge in [0.2, 0.25) is 0 Å². The molecular weight excluding hydrogens is 314 g/mol. The Balaban J connectivity index is 1.43. The topological polar surface area (TPSA) is 61.4 Å². The van der Waals surface area contributed by atoms with E-state index in [1.54, 1.807) is 18.5 Å². The van der Waals surface area contributed by atoms with Crippen LogP contribution in [0.2, 0.25) is 0 Å². The van der Waals surface area contributed by atoms with Crippen LogP contribution < -0.4 is 10.2 Å². The molecule has 3 heterocycles. The lowest BCUT2D eigenvalue weighted by atomic mass is 10.1. The van der Waals surface area contributed by atoms with Crippen molar-refractivity contribution in [3.05, 3.63) is 61.2 Å². The SMILES string of the molecule is O=C(Nc1cccnc1)N1CCN(c2cncc3ccccc23)CC1. The van der Waals surface area contributed by atoms with E-state index in [2.05, 4.69) is 32.3 Å². The molecular formula is C19H19N5O. The summed E-state index contributed by atoms with van der Waals surface area (Å²) in [5.41, 5.74) is 1.85. The Morgan fingerprint density at radius 3 is 2.56 bits per heavy atom. The van der Waals surface area contributed by atoms with E-state index >= 15 is 0 Å². The Bertz CT molecular complexity index is 870. The summed E-state index contributed by atoms with van der Waals surface area (Å²) in [4.78, 5) is 24.9. The number of carbonyl (C=O) groups is 1. The number of rotatable bonds is 2. The number of piperazine rings is 1. The third-order valence-corrected chi connectivity index (χ3v) is 4.47. The number of anilines is 2. The summed E-state index contributed by atoms with van der Waals surface area (Å²) in [6, 6.07) is 11.8. The Morgan fingerprint density at radius 2 is 1.76 bits per heavy atom. The van der Waals surface area contributed by atoms with Crippen molar-refractivity contribution in [2.45, 2.75) is 0 Å². The van der Waals surface area contributed by atoms with E-state index in [-0.39, 0.29) is 6.03 Å². The quantitative estimate of drug-likeness (QED) is 0.783. The van der Waals surface area contributed by atoms with Crippen LogP contribution in [0.15, 0.2) is 61.2 Å². The third kappa shape index (κ3) is 3.24. The first kappa shape index (κ1) is 15.4. The number of hydrogen-bond donors (Lipinski definition) is 1. The lowest BCUT2D eigenvalue weighted by molar-refractivity contribution is 0.208. The van der Waals surface area contributed by atoms with E-state index < -0.39 is 0 Å². The Hall–Kier alpha value is -3.15. The molecule has 1 aliphatic rings. The van der Waals surface area contributed by atoms with E-state index in [0.29, 0.717) is 18.8 Å². The van der Waals surface area contributed by atoms with Gasteiger partial charge >= 0.3 is 6.03 Å². The van der Waals surface area contributed by atoms with Gasteiger partial charge in [0.15, 0.2) is 0 Å². The number of hydrogen-bond acceptors (Lipinski definition) is 4. The van der Waals surface area contributed by atoms with Crippen LogP contribution >= 0.6 is 0 Å². The molecule has 25 heavy (non-hydrogen) atoms. The van der Waals surface area contributed by atoms with E-state index in [1.165, 1.54) is 5.39 Å². The lowest BCUT2D eigenvalue weighted by Gasteiger charge is -2.36. The molecule has 1 N–H and O–H groups in total. The average molecular weight is 333 g/mol. The first-order chi connectivity index (χ1) is 12.3. The number of aromatic nitrogens is 2. The molecule has 2 aromatic heterocycles. The second-order valence-corrected chi connectivity index (χ2v) is 6.03. The van der Waals surface area contributed by atoms with E-state index in [0.717, 1.165) is 24.2 Å². The van der Waals surface area contributed by atoms with Crippen molar-refractivity contribution in [2.75, 3.05) is 36.4 Å². The van der Waals surface area contributed by atoms with Gasteiger partial charge in [0.1, 0.15) is 0 Å².